The lowest BCUT2D eigenvalue weighted by Crippen LogP contribution is -2.31. The largest absolute Gasteiger partial charge is 0.494 e. The maximum Gasteiger partial charge on any atom is 0.319 e. The van der Waals surface area contributed by atoms with Gasteiger partial charge >= 0.3 is 6.03 Å². The molecule has 0 unspecified atom stereocenters. The highest BCUT2D eigenvalue weighted by Crippen LogP contribution is 2.21. The van der Waals surface area contributed by atoms with Crippen molar-refractivity contribution in [2.45, 2.75) is 26.8 Å². The van der Waals surface area contributed by atoms with Gasteiger partial charge in [0.05, 0.1) is 18.3 Å². The molecule has 0 fully saturated rings. The van der Waals surface area contributed by atoms with Gasteiger partial charge < -0.3 is 15.4 Å². The third kappa shape index (κ3) is 4.22. The monoisotopic (exact) mass is 299 g/mol. The molecule has 5 heteroatoms. The molecule has 0 saturated carbocycles. The van der Waals surface area contributed by atoms with Gasteiger partial charge in [-0.15, -0.1) is 0 Å². The Hall–Kier alpha value is -2.56. The molecule has 2 amide bonds. The molecular formula is C17H21N3O2. The van der Waals surface area contributed by atoms with Gasteiger partial charge in [0, 0.05) is 11.9 Å². The molecule has 22 heavy (non-hydrogen) atoms. The quantitative estimate of drug-likeness (QED) is 0.885. The number of benzene rings is 1. The van der Waals surface area contributed by atoms with E-state index < -0.39 is 0 Å². The second-order valence-corrected chi connectivity index (χ2v) is 4.98. The Balaban J connectivity index is 1.97. The highest BCUT2D eigenvalue weighted by molar-refractivity contribution is 5.90. The van der Waals surface area contributed by atoms with Crippen LogP contribution in [0.25, 0.3) is 0 Å². The predicted octanol–water partition coefficient (Wildman–Crippen LogP) is 3.67. The van der Waals surface area contributed by atoms with Crippen molar-refractivity contribution >= 4 is 11.7 Å². The molecular weight excluding hydrogens is 278 g/mol. The summed E-state index contributed by atoms with van der Waals surface area (Å²) < 4.78 is 5.43. The van der Waals surface area contributed by atoms with Gasteiger partial charge in [0.15, 0.2) is 0 Å². The van der Waals surface area contributed by atoms with Gasteiger partial charge in [-0.25, -0.2) is 4.79 Å². The average molecular weight is 299 g/mol. The maximum absolute atomic E-state index is 12.1. The van der Waals surface area contributed by atoms with Crippen molar-refractivity contribution in [3.8, 4) is 5.75 Å². The van der Waals surface area contributed by atoms with Crippen molar-refractivity contribution in [3.05, 3.63) is 53.9 Å². The van der Waals surface area contributed by atoms with E-state index in [0.29, 0.717) is 6.61 Å². The minimum absolute atomic E-state index is 0.163. The van der Waals surface area contributed by atoms with Crippen molar-refractivity contribution in [2.75, 3.05) is 11.9 Å². The lowest BCUT2D eigenvalue weighted by Gasteiger charge is -2.15. The van der Waals surface area contributed by atoms with Crippen LogP contribution in [0.4, 0.5) is 10.5 Å². The highest BCUT2D eigenvalue weighted by atomic mass is 16.5. The van der Waals surface area contributed by atoms with Gasteiger partial charge in [-0.2, -0.15) is 0 Å². The second kappa shape index (κ2) is 7.45. The summed E-state index contributed by atoms with van der Waals surface area (Å²) in [6.45, 7) is 6.38. The SMILES string of the molecule is CCOc1ccc(NC(=O)N[C@H](C)c2ccccn2)c(C)c1. The molecule has 116 valence electrons. The third-order valence-corrected chi connectivity index (χ3v) is 3.24. The lowest BCUT2D eigenvalue weighted by molar-refractivity contribution is 0.249. The first-order valence-electron chi connectivity index (χ1n) is 7.32. The van der Waals surface area contributed by atoms with Gasteiger partial charge in [0.25, 0.3) is 0 Å². The summed E-state index contributed by atoms with van der Waals surface area (Å²) in [5.74, 6) is 0.799. The molecule has 0 spiro atoms. The molecule has 0 aliphatic carbocycles. The molecule has 1 heterocycles. The van der Waals surface area contributed by atoms with Crippen LogP contribution in [0.15, 0.2) is 42.6 Å². The standard InChI is InChI=1S/C17H21N3O2/c1-4-22-14-8-9-15(12(2)11-14)20-17(21)19-13(3)16-7-5-6-10-18-16/h5-11,13H,4H2,1-3H3,(H2,19,20,21)/t13-/m1/s1. The van der Waals surface area contributed by atoms with Crippen LogP contribution in [0.5, 0.6) is 5.75 Å². The Labute approximate surface area is 130 Å². The van der Waals surface area contributed by atoms with Crippen LogP contribution in [0.1, 0.15) is 31.1 Å². The number of aryl methyl sites for hydroxylation is 1. The summed E-state index contributed by atoms with van der Waals surface area (Å²) in [5.41, 5.74) is 2.53. The maximum atomic E-state index is 12.1. The molecule has 0 radical (unpaired) electrons. The number of carbonyl (C=O) groups is 1. The zero-order valence-corrected chi connectivity index (χ0v) is 13.1. The number of ether oxygens (including phenoxy) is 1. The number of aromatic nitrogens is 1. The molecule has 5 nitrogen and oxygen atoms in total. The molecule has 1 aromatic heterocycles. The zero-order valence-electron chi connectivity index (χ0n) is 13.1. The van der Waals surface area contributed by atoms with E-state index in [4.69, 9.17) is 4.74 Å². The molecule has 2 aromatic rings. The Kier molecular flexibility index (Phi) is 5.36. The van der Waals surface area contributed by atoms with Crippen LogP contribution in [0.2, 0.25) is 0 Å². The van der Waals surface area contributed by atoms with Gasteiger partial charge in [-0.3, -0.25) is 4.98 Å². The summed E-state index contributed by atoms with van der Waals surface area (Å²) in [7, 11) is 0. The van der Waals surface area contributed by atoms with Crippen molar-refractivity contribution in [3.63, 3.8) is 0 Å². The normalized spacial score (nSPS) is 11.6. The fraction of sp³-hybridized carbons (Fsp3) is 0.294. The van der Waals surface area contributed by atoms with Gasteiger partial charge in [-0.1, -0.05) is 6.07 Å². The van der Waals surface area contributed by atoms with E-state index in [1.54, 1.807) is 6.20 Å². The molecule has 2 rings (SSSR count). The number of anilines is 1. The minimum atomic E-state index is -0.259. The molecule has 0 saturated heterocycles. The number of pyridine rings is 1. The first kappa shape index (κ1) is 15.8. The fourth-order valence-corrected chi connectivity index (χ4v) is 2.09. The molecule has 0 aliphatic heterocycles. The van der Waals surface area contributed by atoms with Crippen molar-refractivity contribution in [2.24, 2.45) is 0 Å². The van der Waals surface area contributed by atoms with Crippen LogP contribution >= 0.6 is 0 Å². The number of urea groups is 1. The minimum Gasteiger partial charge on any atom is -0.494 e. The van der Waals surface area contributed by atoms with Crippen molar-refractivity contribution < 1.29 is 9.53 Å². The summed E-state index contributed by atoms with van der Waals surface area (Å²) >= 11 is 0. The number of amides is 2. The molecule has 2 N–H and O–H groups in total. The summed E-state index contributed by atoms with van der Waals surface area (Å²) in [6, 6.07) is 10.8. The molecule has 1 aromatic carbocycles. The smallest absolute Gasteiger partial charge is 0.319 e. The highest BCUT2D eigenvalue weighted by Gasteiger charge is 2.11. The van der Waals surface area contributed by atoms with Crippen LogP contribution < -0.4 is 15.4 Å². The predicted molar refractivity (Wildman–Crippen MR) is 87.2 cm³/mol. The molecule has 0 bridgehead atoms. The summed E-state index contributed by atoms with van der Waals surface area (Å²) in [6.07, 6.45) is 1.71. The van der Waals surface area contributed by atoms with Crippen LogP contribution in [0.3, 0.4) is 0 Å². The number of rotatable bonds is 5. The van der Waals surface area contributed by atoms with E-state index in [2.05, 4.69) is 15.6 Å². The topological polar surface area (TPSA) is 63.2 Å². The van der Waals surface area contributed by atoms with E-state index in [1.807, 2.05) is 57.2 Å². The average Bonchev–Trinajstić information content (AvgIpc) is 2.51. The second-order valence-electron chi connectivity index (χ2n) is 4.98. The van der Waals surface area contributed by atoms with Crippen LogP contribution in [-0.4, -0.2) is 17.6 Å². The Bertz CT molecular complexity index is 629. The van der Waals surface area contributed by atoms with Gasteiger partial charge in [0.1, 0.15) is 5.75 Å². The van der Waals surface area contributed by atoms with Crippen molar-refractivity contribution in [1.82, 2.24) is 10.3 Å². The van der Waals surface area contributed by atoms with E-state index in [9.17, 15) is 4.79 Å². The van der Waals surface area contributed by atoms with Crippen LogP contribution in [0, 0.1) is 6.92 Å². The first-order chi connectivity index (χ1) is 10.6. The van der Waals surface area contributed by atoms with E-state index in [1.165, 1.54) is 0 Å². The van der Waals surface area contributed by atoms with Crippen LogP contribution in [-0.2, 0) is 0 Å². The number of nitrogens with zero attached hydrogens (tertiary/aromatic N) is 1. The zero-order chi connectivity index (χ0) is 15.9. The number of hydrogen-bond donors (Lipinski definition) is 2. The van der Waals surface area contributed by atoms with E-state index in [-0.39, 0.29) is 12.1 Å². The molecule has 0 aliphatic rings. The fourth-order valence-electron chi connectivity index (χ4n) is 2.09. The van der Waals surface area contributed by atoms with E-state index in [0.717, 1.165) is 22.7 Å². The molecule has 1 atom stereocenters. The lowest BCUT2D eigenvalue weighted by atomic mass is 10.2. The summed E-state index contributed by atoms with van der Waals surface area (Å²) in [5, 5.41) is 5.71. The van der Waals surface area contributed by atoms with E-state index >= 15 is 0 Å². The Morgan fingerprint density at radius 3 is 2.77 bits per heavy atom. The van der Waals surface area contributed by atoms with Gasteiger partial charge in [0.2, 0.25) is 0 Å². The van der Waals surface area contributed by atoms with Crippen molar-refractivity contribution in [1.29, 1.82) is 0 Å². The number of nitrogens with one attached hydrogen (secondary N) is 2. The number of hydrogen-bond acceptors (Lipinski definition) is 3. The summed E-state index contributed by atoms with van der Waals surface area (Å²) in [4.78, 5) is 16.3. The Morgan fingerprint density at radius 2 is 2.14 bits per heavy atom. The number of carbonyl (C=O) groups excluding carboxylic acids is 1. The van der Waals surface area contributed by atoms with Gasteiger partial charge in [-0.05, 0) is 56.7 Å². The first-order valence-corrected chi connectivity index (χ1v) is 7.32. The Morgan fingerprint density at radius 1 is 1.32 bits per heavy atom. The third-order valence-electron chi connectivity index (χ3n) is 3.24.